The average Bonchev–Trinajstić information content (AvgIpc) is 3.09. The van der Waals surface area contributed by atoms with Gasteiger partial charge in [-0.3, -0.25) is 14.8 Å². The van der Waals surface area contributed by atoms with Gasteiger partial charge in [-0.1, -0.05) is 26.0 Å². The normalized spacial score (nSPS) is 13.0. The molecule has 5 nitrogen and oxygen atoms in total. The van der Waals surface area contributed by atoms with Crippen LogP contribution in [-0.2, 0) is 17.9 Å². The summed E-state index contributed by atoms with van der Waals surface area (Å²) in [6.07, 6.45) is 5.61. The Morgan fingerprint density at radius 3 is 2.63 bits per heavy atom. The Morgan fingerprint density at radius 1 is 1.15 bits per heavy atom. The number of amides is 1. The van der Waals surface area contributed by atoms with Crippen LogP contribution in [0.15, 0.2) is 41.7 Å². The van der Waals surface area contributed by atoms with E-state index < -0.39 is 0 Å². The van der Waals surface area contributed by atoms with Gasteiger partial charge in [0.25, 0.3) is 5.91 Å². The number of carbonyl (C=O) groups is 1. The van der Waals surface area contributed by atoms with Crippen molar-refractivity contribution >= 4 is 11.6 Å². The van der Waals surface area contributed by atoms with Gasteiger partial charge < -0.3 is 10.2 Å². The van der Waals surface area contributed by atoms with E-state index >= 15 is 0 Å². The zero-order valence-corrected chi connectivity index (χ0v) is 16.6. The lowest BCUT2D eigenvalue weighted by Gasteiger charge is -2.15. The molecule has 2 aromatic rings. The van der Waals surface area contributed by atoms with E-state index in [0.717, 1.165) is 41.6 Å². The van der Waals surface area contributed by atoms with Crippen LogP contribution in [0.2, 0.25) is 0 Å². The zero-order valence-electron chi connectivity index (χ0n) is 16.6. The minimum absolute atomic E-state index is 0.0703. The molecule has 27 heavy (non-hydrogen) atoms. The molecule has 0 fully saturated rings. The number of fused-ring (bicyclic) bond motifs is 1. The summed E-state index contributed by atoms with van der Waals surface area (Å²) in [4.78, 5) is 23.7. The number of pyridine rings is 1. The number of rotatable bonds is 7. The summed E-state index contributed by atoms with van der Waals surface area (Å²) < 4.78 is 0. The third-order valence-corrected chi connectivity index (χ3v) is 4.94. The van der Waals surface area contributed by atoms with Gasteiger partial charge in [0.2, 0.25) is 0 Å². The average molecular weight is 364 g/mol. The molecule has 1 aliphatic heterocycles. The van der Waals surface area contributed by atoms with Crippen LogP contribution in [0.5, 0.6) is 0 Å². The van der Waals surface area contributed by atoms with Crippen LogP contribution in [0.3, 0.4) is 0 Å². The van der Waals surface area contributed by atoms with Crippen molar-refractivity contribution in [3.8, 4) is 11.1 Å². The molecule has 0 bridgehead atoms. The molecule has 0 saturated heterocycles. The van der Waals surface area contributed by atoms with Crippen molar-refractivity contribution in [2.24, 2.45) is 4.99 Å². The molecule has 1 N–H and O–H groups in total. The number of carbonyl (C=O) groups excluding carboxylic acids is 1. The summed E-state index contributed by atoms with van der Waals surface area (Å²) in [5.41, 5.74) is 5.88. The lowest BCUT2D eigenvalue weighted by atomic mass is 9.97. The Kier molecular flexibility index (Phi) is 6.01. The monoisotopic (exact) mass is 364 g/mol. The molecule has 0 unspecified atom stereocenters. The number of hydrogen-bond acceptors (Lipinski definition) is 4. The molecule has 0 radical (unpaired) electrons. The first-order valence-corrected chi connectivity index (χ1v) is 9.59. The van der Waals surface area contributed by atoms with Crippen molar-refractivity contribution in [1.29, 1.82) is 0 Å². The summed E-state index contributed by atoms with van der Waals surface area (Å²) >= 11 is 0. The topological polar surface area (TPSA) is 57.6 Å². The number of aromatic nitrogens is 1. The predicted octanol–water partition coefficient (Wildman–Crippen LogP) is 3.42. The SMILES string of the molecule is CCC(CC)NC(=O)C1=NCc2ccc(-c3cncc(CN(C)C)c3)cc21. The van der Waals surface area contributed by atoms with Crippen LogP contribution >= 0.6 is 0 Å². The second kappa shape index (κ2) is 8.44. The van der Waals surface area contributed by atoms with E-state index in [4.69, 9.17) is 0 Å². The second-order valence-corrected chi connectivity index (χ2v) is 7.34. The van der Waals surface area contributed by atoms with Gasteiger partial charge in [-0.05, 0) is 55.8 Å². The third kappa shape index (κ3) is 4.42. The molecular formula is C22H28N4O. The van der Waals surface area contributed by atoms with Crippen molar-refractivity contribution in [2.45, 2.75) is 45.8 Å². The molecule has 1 amide bonds. The van der Waals surface area contributed by atoms with Crippen molar-refractivity contribution in [3.63, 3.8) is 0 Å². The highest BCUT2D eigenvalue weighted by atomic mass is 16.2. The van der Waals surface area contributed by atoms with E-state index in [-0.39, 0.29) is 11.9 Å². The van der Waals surface area contributed by atoms with E-state index in [1.165, 1.54) is 5.56 Å². The van der Waals surface area contributed by atoms with Crippen LogP contribution in [0, 0.1) is 0 Å². The zero-order chi connectivity index (χ0) is 19.4. The lowest BCUT2D eigenvalue weighted by Crippen LogP contribution is -2.38. The Balaban J connectivity index is 1.87. The van der Waals surface area contributed by atoms with Crippen LogP contribution in [0.1, 0.15) is 43.4 Å². The molecule has 0 atom stereocenters. The summed E-state index contributed by atoms with van der Waals surface area (Å²) in [5, 5.41) is 3.10. The van der Waals surface area contributed by atoms with Crippen molar-refractivity contribution in [2.75, 3.05) is 14.1 Å². The molecule has 2 heterocycles. The summed E-state index contributed by atoms with van der Waals surface area (Å²) in [5.74, 6) is -0.0703. The largest absolute Gasteiger partial charge is 0.348 e. The molecular weight excluding hydrogens is 336 g/mol. The molecule has 1 aromatic heterocycles. The number of hydrogen-bond donors (Lipinski definition) is 1. The highest BCUT2D eigenvalue weighted by Gasteiger charge is 2.24. The van der Waals surface area contributed by atoms with Gasteiger partial charge in [-0.15, -0.1) is 0 Å². The Bertz CT molecular complexity index is 853. The van der Waals surface area contributed by atoms with Gasteiger partial charge in [0.15, 0.2) is 0 Å². The molecule has 142 valence electrons. The number of nitrogens with zero attached hydrogens (tertiary/aromatic N) is 3. The Morgan fingerprint density at radius 2 is 1.93 bits per heavy atom. The number of benzene rings is 1. The standard InChI is InChI=1S/C22H28N4O/c1-5-19(6-2)25-22(27)21-20-10-16(7-8-17(20)13-24-21)18-9-15(11-23-12-18)14-26(3)4/h7-12,19H,5-6,13-14H2,1-4H3,(H,25,27). The quantitative estimate of drug-likeness (QED) is 0.819. The first-order chi connectivity index (χ1) is 13.0. The fraction of sp³-hybridized carbons (Fsp3) is 0.409. The van der Waals surface area contributed by atoms with Gasteiger partial charge in [0, 0.05) is 36.1 Å². The maximum absolute atomic E-state index is 12.7. The van der Waals surface area contributed by atoms with Crippen molar-refractivity contribution in [1.82, 2.24) is 15.2 Å². The molecule has 0 spiro atoms. The van der Waals surface area contributed by atoms with Gasteiger partial charge in [0.05, 0.1) is 6.54 Å². The van der Waals surface area contributed by atoms with Gasteiger partial charge in [-0.2, -0.15) is 0 Å². The summed E-state index contributed by atoms with van der Waals surface area (Å²) in [7, 11) is 4.09. The predicted molar refractivity (Wildman–Crippen MR) is 110 cm³/mol. The maximum Gasteiger partial charge on any atom is 0.270 e. The van der Waals surface area contributed by atoms with Gasteiger partial charge in [0.1, 0.15) is 5.71 Å². The van der Waals surface area contributed by atoms with Crippen molar-refractivity contribution in [3.05, 3.63) is 53.3 Å². The third-order valence-electron chi connectivity index (χ3n) is 4.94. The van der Waals surface area contributed by atoms with Crippen molar-refractivity contribution < 1.29 is 4.79 Å². The van der Waals surface area contributed by atoms with E-state index in [0.29, 0.717) is 12.3 Å². The highest BCUT2D eigenvalue weighted by Crippen LogP contribution is 2.27. The van der Waals surface area contributed by atoms with E-state index in [2.05, 4.69) is 58.3 Å². The molecule has 0 saturated carbocycles. The van der Waals surface area contributed by atoms with Crippen LogP contribution in [0.4, 0.5) is 0 Å². The first-order valence-electron chi connectivity index (χ1n) is 9.59. The van der Waals surface area contributed by atoms with Gasteiger partial charge in [-0.25, -0.2) is 0 Å². The van der Waals surface area contributed by atoms with Crippen LogP contribution in [-0.4, -0.2) is 41.6 Å². The summed E-state index contributed by atoms with van der Waals surface area (Å²) in [6.45, 7) is 5.59. The van der Waals surface area contributed by atoms with E-state index in [9.17, 15) is 4.79 Å². The molecule has 1 aromatic carbocycles. The lowest BCUT2D eigenvalue weighted by molar-refractivity contribution is -0.115. The smallest absolute Gasteiger partial charge is 0.270 e. The minimum Gasteiger partial charge on any atom is -0.348 e. The Hall–Kier alpha value is -2.53. The second-order valence-electron chi connectivity index (χ2n) is 7.34. The molecule has 1 aliphatic rings. The number of aliphatic imine (C=N–C) groups is 1. The first kappa shape index (κ1) is 19.2. The maximum atomic E-state index is 12.7. The summed E-state index contributed by atoms with van der Waals surface area (Å²) in [6, 6.07) is 8.59. The minimum atomic E-state index is -0.0703. The van der Waals surface area contributed by atoms with Crippen LogP contribution in [0.25, 0.3) is 11.1 Å². The number of nitrogens with one attached hydrogen (secondary N) is 1. The Labute approximate surface area is 161 Å². The van der Waals surface area contributed by atoms with Gasteiger partial charge >= 0.3 is 0 Å². The molecule has 5 heteroatoms. The van der Waals surface area contributed by atoms with Crippen LogP contribution < -0.4 is 5.32 Å². The van der Waals surface area contributed by atoms with E-state index in [1.54, 1.807) is 0 Å². The van der Waals surface area contributed by atoms with E-state index in [1.807, 2.05) is 26.5 Å². The molecule has 0 aliphatic carbocycles. The highest BCUT2D eigenvalue weighted by molar-refractivity contribution is 6.46. The molecule has 3 rings (SSSR count). The fourth-order valence-electron chi connectivity index (χ4n) is 3.40. The fourth-order valence-corrected chi connectivity index (χ4v) is 3.40.